The minimum Gasteiger partial charge on any atom is -0.393 e. The van der Waals surface area contributed by atoms with Crippen LogP contribution in [0.1, 0.15) is 84.1 Å². The van der Waals surface area contributed by atoms with E-state index in [-0.39, 0.29) is 17.4 Å². The summed E-state index contributed by atoms with van der Waals surface area (Å²) in [6.45, 7) is 7.28. The largest absolute Gasteiger partial charge is 0.393 e. The predicted octanol–water partition coefficient (Wildman–Crippen LogP) is 6.14. The topological polar surface area (TPSA) is 64.2 Å². The fraction of sp³-hybridized carbons (Fsp3) is 0.767. The van der Waals surface area contributed by atoms with Gasteiger partial charge >= 0.3 is 0 Å². The molecule has 1 aromatic rings. The van der Waals surface area contributed by atoms with Gasteiger partial charge in [0.25, 0.3) is 0 Å². The average molecular weight is 450 g/mol. The minimum absolute atomic E-state index is 0.101. The van der Waals surface area contributed by atoms with E-state index in [2.05, 4.69) is 51.1 Å². The van der Waals surface area contributed by atoms with E-state index in [9.17, 15) is 15.5 Å². The highest BCUT2D eigenvalue weighted by atomic mass is 16.3. The van der Waals surface area contributed by atoms with E-state index in [1.165, 1.54) is 31.2 Å². The SMILES string of the molecule is C[C@H](CC#N)[C@H]1CC[C@H]2[C@@H]3C[C@](O)(Cc4ccccc4)[C@@H]4C[C@H](O)CC[C@]4(C)[C@H]3CC[C@]12C. The van der Waals surface area contributed by atoms with Crippen LogP contribution in [0.5, 0.6) is 0 Å². The fourth-order valence-corrected chi connectivity index (χ4v) is 9.94. The maximum Gasteiger partial charge on any atom is 0.0725 e. The minimum atomic E-state index is -0.757. The molecule has 180 valence electrons. The Labute approximate surface area is 200 Å². The molecule has 4 saturated carbocycles. The lowest BCUT2D eigenvalue weighted by molar-refractivity contribution is -0.216. The van der Waals surface area contributed by atoms with Crippen LogP contribution in [-0.4, -0.2) is 21.9 Å². The Balaban J connectivity index is 1.51. The Morgan fingerprint density at radius 3 is 2.45 bits per heavy atom. The number of hydrogen-bond donors (Lipinski definition) is 2. The summed E-state index contributed by atoms with van der Waals surface area (Å²) in [5.41, 5.74) is 0.852. The number of aliphatic hydroxyl groups is 2. The first-order valence-corrected chi connectivity index (χ1v) is 13.5. The normalized spacial score (nSPS) is 47.6. The van der Waals surface area contributed by atoms with Gasteiger partial charge in [0, 0.05) is 12.8 Å². The van der Waals surface area contributed by atoms with Crippen molar-refractivity contribution in [1.82, 2.24) is 0 Å². The number of benzene rings is 1. The molecule has 33 heavy (non-hydrogen) atoms. The molecule has 5 rings (SSSR count). The lowest BCUT2D eigenvalue weighted by Gasteiger charge is -2.65. The van der Waals surface area contributed by atoms with Crippen molar-refractivity contribution in [3.05, 3.63) is 35.9 Å². The standard InChI is InChI=1S/C30H43NO2/c1-20(13-16-31)24-9-10-25-23-19-30(33,18-21-7-5-4-6-8-21)27-17-22(32)11-14-29(27,3)26(23)12-15-28(24,25)2/h4-8,20,22-27,32-33H,9-15,17-19H2,1-3H3/t20-,22-,23+,24-,25+,26+,27-,28-,29-,30-/m1/s1. The van der Waals surface area contributed by atoms with Crippen molar-refractivity contribution in [2.45, 2.75) is 96.7 Å². The van der Waals surface area contributed by atoms with Crippen molar-refractivity contribution < 1.29 is 10.2 Å². The van der Waals surface area contributed by atoms with Crippen molar-refractivity contribution in [2.75, 3.05) is 0 Å². The van der Waals surface area contributed by atoms with E-state index >= 15 is 0 Å². The summed E-state index contributed by atoms with van der Waals surface area (Å²) in [6.07, 6.45) is 9.62. The van der Waals surface area contributed by atoms with Gasteiger partial charge in [0.1, 0.15) is 0 Å². The summed E-state index contributed by atoms with van der Waals surface area (Å²) in [4.78, 5) is 0. The van der Waals surface area contributed by atoms with E-state index in [0.717, 1.165) is 25.7 Å². The van der Waals surface area contributed by atoms with Gasteiger partial charge in [-0.15, -0.1) is 0 Å². The van der Waals surface area contributed by atoms with Gasteiger partial charge in [-0.1, -0.05) is 51.1 Å². The zero-order chi connectivity index (χ0) is 23.4. The molecule has 0 radical (unpaired) electrons. The number of rotatable bonds is 4. The maximum atomic E-state index is 12.5. The molecule has 0 unspecified atom stereocenters. The van der Waals surface area contributed by atoms with Crippen molar-refractivity contribution in [2.24, 2.45) is 46.3 Å². The summed E-state index contributed by atoms with van der Waals surface area (Å²) in [7, 11) is 0. The van der Waals surface area contributed by atoms with Gasteiger partial charge in [0.2, 0.25) is 0 Å². The first-order valence-electron chi connectivity index (χ1n) is 13.5. The van der Waals surface area contributed by atoms with E-state index in [0.29, 0.717) is 47.8 Å². The molecular weight excluding hydrogens is 406 g/mol. The Bertz CT molecular complexity index is 894. The molecule has 4 aliphatic carbocycles. The lowest BCUT2D eigenvalue weighted by Crippen LogP contribution is -2.63. The van der Waals surface area contributed by atoms with Crippen molar-refractivity contribution in [3.8, 4) is 6.07 Å². The zero-order valence-corrected chi connectivity index (χ0v) is 20.8. The van der Waals surface area contributed by atoms with Crippen molar-refractivity contribution >= 4 is 0 Å². The van der Waals surface area contributed by atoms with Gasteiger partial charge in [0.05, 0.1) is 17.8 Å². The number of nitriles is 1. The van der Waals surface area contributed by atoms with E-state index in [4.69, 9.17) is 0 Å². The first kappa shape index (κ1) is 23.4. The molecule has 0 bridgehead atoms. The summed E-state index contributed by atoms with van der Waals surface area (Å²) >= 11 is 0. The van der Waals surface area contributed by atoms with Crippen molar-refractivity contribution in [3.63, 3.8) is 0 Å². The smallest absolute Gasteiger partial charge is 0.0725 e. The summed E-state index contributed by atoms with van der Waals surface area (Å²) in [5.74, 6) is 3.09. The second-order valence-corrected chi connectivity index (χ2v) is 12.9. The van der Waals surface area contributed by atoms with Crippen LogP contribution < -0.4 is 0 Å². The summed E-state index contributed by atoms with van der Waals surface area (Å²) in [5, 5.41) is 32.5. The third-order valence-electron chi connectivity index (χ3n) is 11.4. The second-order valence-electron chi connectivity index (χ2n) is 12.9. The number of nitrogens with zero attached hydrogens (tertiary/aromatic N) is 1. The number of hydrogen-bond acceptors (Lipinski definition) is 3. The van der Waals surface area contributed by atoms with Gasteiger partial charge in [-0.2, -0.15) is 5.26 Å². The highest BCUT2D eigenvalue weighted by Gasteiger charge is 2.65. The molecule has 0 amide bonds. The molecule has 0 aromatic heterocycles. The Morgan fingerprint density at radius 2 is 1.73 bits per heavy atom. The van der Waals surface area contributed by atoms with E-state index in [1.54, 1.807) is 0 Å². The zero-order valence-electron chi connectivity index (χ0n) is 20.8. The van der Waals surface area contributed by atoms with Crippen LogP contribution in [0.3, 0.4) is 0 Å². The quantitative estimate of drug-likeness (QED) is 0.580. The van der Waals surface area contributed by atoms with Gasteiger partial charge in [-0.3, -0.25) is 0 Å². The molecular formula is C30H43NO2. The third-order valence-corrected chi connectivity index (χ3v) is 11.4. The number of aliphatic hydroxyl groups excluding tert-OH is 1. The third kappa shape index (κ3) is 3.68. The molecule has 0 aliphatic heterocycles. The highest BCUT2D eigenvalue weighted by Crippen LogP contribution is 2.70. The number of fused-ring (bicyclic) bond motifs is 5. The highest BCUT2D eigenvalue weighted by molar-refractivity contribution is 5.22. The second kappa shape index (κ2) is 8.39. The monoisotopic (exact) mass is 449 g/mol. The molecule has 0 spiro atoms. The van der Waals surface area contributed by atoms with Gasteiger partial charge in [0.15, 0.2) is 0 Å². The summed E-state index contributed by atoms with van der Waals surface area (Å²) in [6, 6.07) is 12.9. The Hall–Kier alpha value is -1.37. The molecule has 1 aromatic carbocycles. The summed E-state index contributed by atoms with van der Waals surface area (Å²) < 4.78 is 0. The van der Waals surface area contributed by atoms with Gasteiger partial charge in [-0.05, 0) is 103 Å². The molecule has 4 aliphatic rings. The molecule has 2 N–H and O–H groups in total. The van der Waals surface area contributed by atoms with Crippen LogP contribution in [0.2, 0.25) is 0 Å². The van der Waals surface area contributed by atoms with Crippen LogP contribution >= 0.6 is 0 Å². The van der Waals surface area contributed by atoms with E-state index < -0.39 is 5.60 Å². The maximum absolute atomic E-state index is 12.5. The molecule has 3 nitrogen and oxygen atoms in total. The molecule has 0 heterocycles. The molecule has 0 saturated heterocycles. The van der Waals surface area contributed by atoms with Crippen LogP contribution in [-0.2, 0) is 6.42 Å². The first-order chi connectivity index (χ1) is 15.7. The van der Waals surface area contributed by atoms with E-state index in [1.807, 2.05) is 6.07 Å². The predicted molar refractivity (Wildman–Crippen MR) is 131 cm³/mol. The van der Waals surface area contributed by atoms with Crippen LogP contribution in [0.15, 0.2) is 30.3 Å². The van der Waals surface area contributed by atoms with Gasteiger partial charge in [-0.25, -0.2) is 0 Å². The fourth-order valence-electron chi connectivity index (χ4n) is 9.94. The van der Waals surface area contributed by atoms with Crippen LogP contribution in [0.4, 0.5) is 0 Å². The Kier molecular flexibility index (Phi) is 5.94. The average Bonchev–Trinajstić information content (AvgIpc) is 3.13. The molecule has 10 atom stereocenters. The van der Waals surface area contributed by atoms with Gasteiger partial charge < -0.3 is 10.2 Å². The van der Waals surface area contributed by atoms with Crippen molar-refractivity contribution in [1.29, 1.82) is 5.26 Å². The molecule has 4 fully saturated rings. The Morgan fingerprint density at radius 1 is 1.03 bits per heavy atom. The van der Waals surface area contributed by atoms with Crippen LogP contribution in [0, 0.1) is 57.7 Å². The molecule has 3 heteroatoms. The lowest BCUT2D eigenvalue weighted by atomic mass is 9.41. The van der Waals surface area contributed by atoms with Crippen LogP contribution in [0.25, 0.3) is 0 Å².